The Morgan fingerprint density at radius 3 is 2.12 bits per heavy atom. The van der Waals surface area contributed by atoms with E-state index in [-0.39, 0.29) is 35.0 Å². The van der Waals surface area contributed by atoms with E-state index in [2.05, 4.69) is 10.4 Å². The molecule has 0 aliphatic rings. The van der Waals surface area contributed by atoms with E-state index in [9.17, 15) is 41.0 Å². The van der Waals surface area contributed by atoms with Crippen LogP contribution in [0.2, 0.25) is 0 Å². The maximum absolute atomic E-state index is 13.3. The Morgan fingerprint density at radius 1 is 1.12 bits per heavy atom. The fourth-order valence-corrected chi connectivity index (χ4v) is 3.19. The normalized spacial score (nSPS) is 13.5. The summed E-state index contributed by atoms with van der Waals surface area (Å²) < 4.78 is 78.6. The molecule has 0 saturated heterocycles. The van der Waals surface area contributed by atoms with Crippen molar-refractivity contribution in [3.63, 3.8) is 0 Å². The molecule has 0 radical (unpaired) electrons. The average Bonchev–Trinajstić information content (AvgIpc) is 3.11. The van der Waals surface area contributed by atoms with Crippen LogP contribution < -0.4 is 5.32 Å². The van der Waals surface area contributed by atoms with Gasteiger partial charge in [-0.05, 0) is 51.5 Å². The standard InChI is InChI=1S/C20H22F6N4O3/c1-18(2,3)29(17(32)33)16(5-4-10-31)27-12-6-8-13(9-7-12)30-15(20(24,25)26)11-14(28-30)19(21,22)23/h6-11,16,27H,4-5H2,1-3H3,(H,32,33). The number of nitrogens with zero attached hydrogens (tertiary/aromatic N) is 3. The molecule has 13 heteroatoms. The Labute approximate surface area is 185 Å². The van der Waals surface area contributed by atoms with E-state index in [4.69, 9.17) is 0 Å². The summed E-state index contributed by atoms with van der Waals surface area (Å²) in [7, 11) is 0. The lowest BCUT2D eigenvalue weighted by molar-refractivity contribution is -0.143. The van der Waals surface area contributed by atoms with Gasteiger partial charge in [0.25, 0.3) is 0 Å². The fourth-order valence-electron chi connectivity index (χ4n) is 3.19. The maximum atomic E-state index is 13.3. The molecule has 2 rings (SSSR count). The van der Waals surface area contributed by atoms with E-state index < -0.39 is 41.5 Å². The molecule has 1 amide bonds. The molecule has 0 aliphatic heterocycles. The lowest BCUT2D eigenvalue weighted by Crippen LogP contribution is -2.54. The van der Waals surface area contributed by atoms with E-state index in [0.717, 1.165) is 17.0 Å². The van der Waals surface area contributed by atoms with Crippen LogP contribution in [0.15, 0.2) is 30.3 Å². The number of halogens is 6. The maximum Gasteiger partial charge on any atom is 0.435 e. The number of amides is 1. The van der Waals surface area contributed by atoms with Gasteiger partial charge in [-0.1, -0.05) is 0 Å². The van der Waals surface area contributed by atoms with Crippen LogP contribution in [-0.2, 0) is 17.1 Å². The zero-order chi connectivity index (χ0) is 25.2. The van der Waals surface area contributed by atoms with Crippen molar-refractivity contribution in [1.29, 1.82) is 0 Å². The Hall–Kier alpha value is -3.25. The third kappa shape index (κ3) is 6.39. The summed E-state index contributed by atoms with van der Waals surface area (Å²) in [5, 5.41) is 15.6. The number of alkyl halides is 6. The number of aromatic nitrogens is 2. The van der Waals surface area contributed by atoms with Gasteiger partial charge in [-0.15, -0.1) is 0 Å². The number of hydrogen-bond donors (Lipinski definition) is 2. The zero-order valence-electron chi connectivity index (χ0n) is 17.8. The first-order chi connectivity index (χ1) is 15.1. The molecule has 1 atom stereocenters. The molecule has 1 aromatic carbocycles. The monoisotopic (exact) mass is 480 g/mol. The second-order valence-corrected chi connectivity index (χ2v) is 8.10. The van der Waals surface area contributed by atoms with Crippen molar-refractivity contribution >= 4 is 18.1 Å². The van der Waals surface area contributed by atoms with Crippen LogP contribution >= 0.6 is 0 Å². The van der Waals surface area contributed by atoms with Crippen LogP contribution in [0.1, 0.15) is 45.0 Å². The van der Waals surface area contributed by atoms with Gasteiger partial charge in [-0.2, -0.15) is 31.4 Å². The predicted octanol–water partition coefficient (Wildman–Crippen LogP) is 5.41. The molecule has 0 saturated carbocycles. The number of anilines is 1. The van der Waals surface area contributed by atoms with Crippen molar-refractivity contribution in [3.05, 3.63) is 41.7 Å². The Bertz CT molecular complexity index is 978. The van der Waals surface area contributed by atoms with Crippen molar-refractivity contribution in [2.24, 2.45) is 0 Å². The van der Waals surface area contributed by atoms with Crippen molar-refractivity contribution < 1.29 is 41.0 Å². The van der Waals surface area contributed by atoms with Gasteiger partial charge < -0.3 is 15.2 Å². The number of rotatable bonds is 7. The van der Waals surface area contributed by atoms with Crippen molar-refractivity contribution in [3.8, 4) is 5.69 Å². The molecular formula is C20H22F6N4O3. The van der Waals surface area contributed by atoms with E-state index in [1.165, 1.54) is 12.1 Å². The second-order valence-electron chi connectivity index (χ2n) is 8.10. The summed E-state index contributed by atoms with van der Waals surface area (Å²) in [4.78, 5) is 23.7. The number of nitrogens with one attached hydrogen (secondary N) is 1. The summed E-state index contributed by atoms with van der Waals surface area (Å²) in [6, 6.07) is 4.71. The number of aldehydes is 1. The SMILES string of the molecule is CC(C)(C)N(C(=O)O)C(CCC=O)Nc1ccc(-n2nc(C(F)(F)F)cc2C(F)(F)F)cc1. The zero-order valence-corrected chi connectivity index (χ0v) is 17.8. The molecule has 33 heavy (non-hydrogen) atoms. The first-order valence-electron chi connectivity index (χ1n) is 9.63. The van der Waals surface area contributed by atoms with Gasteiger partial charge in [0, 0.05) is 23.7 Å². The van der Waals surface area contributed by atoms with Gasteiger partial charge in [0.05, 0.1) is 5.69 Å². The highest BCUT2D eigenvalue weighted by atomic mass is 19.4. The predicted molar refractivity (Wildman–Crippen MR) is 106 cm³/mol. The van der Waals surface area contributed by atoms with Crippen molar-refractivity contribution in [2.45, 2.75) is 57.7 Å². The van der Waals surface area contributed by atoms with Crippen LogP contribution in [0, 0.1) is 0 Å². The molecule has 182 valence electrons. The molecule has 7 nitrogen and oxygen atoms in total. The minimum atomic E-state index is -5.08. The number of carbonyl (C=O) groups is 2. The highest BCUT2D eigenvalue weighted by Crippen LogP contribution is 2.36. The van der Waals surface area contributed by atoms with Gasteiger partial charge in [0.1, 0.15) is 18.1 Å². The number of carbonyl (C=O) groups excluding carboxylic acids is 1. The van der Waals surface area contributed by atoms with Crippen LogP contribution in [-0.4, -0.2) is 43.9 Å². The number of hydrogen-bond acceptors (Lipinski definition) is 4. The highest BCUT2D eigenvalue weighted by Gasteiger charge is 2.42. The van der Waals surface area contributed by atoms with Crippen LogP contribution in [0.4, 0.5) is 36.8 Å². The van der Waals surface area contributed by atoms with Gasteiger partial charge >= 0.3 is 18.4 Å². The quantitative estimate of drug-likeness (QED) is 0.315. The Morgan fingerprint density at radius 2 is 1.70 bits per heavy atom. The molecule has 0 aliphatic carbocycles. The minimum Gasteiger partial charge on any atom is -0.465 e. The second kappa shape index (κ2) is 9.32. The molecule has 2 N–H and O–H groups in total. The van der Waals surface area contributed by atoms with Gasteiger partial charge in [0.15, 0.2) is 5.69 Å². The third-order valence-electron chi connectivity index (χ3n) is 4.53. The van der Waals surface area contributed by atoms with Gasteiger partial charge in [-0.25, -0.2) is 9.48 Å². The molecule has 1 heterocycles. The average molecular weight is 480 g/mol. The van der Waals surface area contributed by atoms with E-state index in [1.54, 1.807) is 20.8 Å². The highest BCUT2D eigenvalue weighted by molar-refractivity contribution is 5.67. The third-order valence-corrected chi connectivity index (χ3v) is 4.53. The Kier molecular flexibility index (Phi) is 7.34. The van der Waals surface area contributed by atoms with Crippen LogP contribution in [0.5, 0.6) is 0 Å². The summed E-state index contributed by atoms with van der Waals surface area (Å²) in [6.07, 6.45) is -11.5. The molecule has 0 spiro atoms. The molecule has 0 bridgehead atoms. The summed E-state index contributed by atoms with van der Waals surface area (Å²) >= 11 is 0. The number of carboxylic acid groups (broad SMARTS) is 1. The molecule has 1 unspecified atom stereocenters. The Balaban J connectivity index is 2.40. The van der Waals surface area contributed by atoms with Crippen LogP contribution in [0.3, 0.4) is 0 Å². The van der Waals surface area contributed by atoms with Crippen molar-refractivity contribution in [2.75, 3.05) is 5.32 Å². The minimum absolute atomic E-state index is 0.0397. The van der Waals surface area contributed by atoms with E-state index in [1.807, 2.05) is 0 Å². The largest absolute Gasteiger partial charge is 0.465 e. The first kappa shape index (κ1) is 26.0. The smallest absolute Gasteiger partial charge is 0.435 e. The lowest BCUT2D eigenvalue weighted by Gasteiger charge is -2.40. The summed E-state index contributed by atoms with van der Waals surface area (Å²) in [6.45, 7) is 4.94. The van der Waals surface area contributed by atoms with E-state index >= 15 is 0 Å². The van der Waals surface area contributed by atoms with Gasteiger partial charge in [-0.3, -0.25) is 4.90 Å². The van der Waals surface area contributed by atoms with Crippen molar-refractivity contribution in [1.82, 2.24) is 14.7 Å². The molecule has 0 fully saturated rings. The topological polar surface area (TPSA) is 87.5 Å². The number of benzene rings is 1. The van der Waals surface area contributed by atoms with Gasteiger partial charge in [0.2, 0.25) is 0 Å². The lowest BCUT2D eigenvalue weighted by atomic mass is 10.0. The molecule has 2 aromatic rings. The molecule has 1 aromatic heterocycles. The summed E-state index contributed by atoms with van der Waals surface area (Å²) in [5.41, 5.74) is -4.13. The first-order valence-corrected chi connectivity index (χ1v) is 9.63. The van der Waals surface area contributed by atoms with Crippen LogP contribution in [0.25, 0.3) is 5.69 Å². The fraction of sp³-hybridized carbons (Fsp3) is 0.450. The summed E-state index contributed by atoms with van der Waals surface area (Å²) in [5.74, 6) is 0. The molecular weight excluding hydrogens is 458 g/mol. The van der Waals surface area contributed by atoms with E-state index in [0.29, 0.717) is 6.29 Å².